The lowest BCUT2D eigenvalue weighted by Crippen LogP contribution is -2.45. The van der Waals surface area contributed by atoms with E-state index in [1.165, 1.54) is 30.3 Å². The second kappa shape index (κ2) is 7.82. The minimum atomic E-state index is -0.498. The number of piperidine rings is 1. The van der Waals surface area contributed by atoms with E-state index in [-0.39, 0.29) is 17.5 Å². The molecular weight excluding hydrogens is 346 g/mol. The number of carbonyl (C=O) groups is 1. The molecule has 0 aliphatic carbocycles. The first-order valence-electron chi connectivity index (χ1n) is 9.12. The highest BCUT2D eigenvalue weighted by atomic mass is 16.5. The first-order valence-corrected chi connectivity index (χ1v) is 9.12. The summed E-state index contributed by atoms with van der Waals surface area (Å²) in [6, 6.07) is 9.12. The number of carbonyl (C=O) groups excluding carboxylic acids is 1. The quantitative estimate of drug-likeness (QED) is 0.813. The highest BCUT2D eigenvalue weighted by molar-refractivity contribution is 5.92. The van der Waals surface area contributed by atoms with Gasteiger partial charge < -0.3 is 9.64 Å². The van der Waals surface area contributed by atoms with Crippen molar-refractivity contribution >= 4 is 5.91 Å². The first-order chi connectivity index (χ1) is 12.9. The Balaban J connectivity index is 1.69. The van der Waals surface area contributed by atoms with Crippen LogP contribution in [-0.4, -0.2) is 39.6 Å². The molecule has 1 aromatic carbocycles. The van der Waals surface area contributed by atoms with E-state index < -0.39 is 11.2 Å². The second-order valence-electron chi connectivity index (χ2n) is 7.15. The molecule has 2 heterocycles. The number of aromatic nitrogens is 2. The molecule has 1 aromatic heterocycles. The van der Waals surface area contributed by atoms with Gasteiger partial charge in [0, 0.05) is 39.2 Å². The van der Waals surface area contributed by atoms with Crippen molar-refractivity contribution in [3.8, 4) is 5.75 Å². The SMILES string of the molecule is Cc1ccc(OC[C@@H]2CCCN(C(=O)c3cc(=O)n(C)c(=O)n3C)C2)cc1. The van der Waals surface area contributed by atoms with Crippen LogP contribution in [0.5, 0.6) is 5.75 Å². The number of rotatable bonds is 4. The smallest absolute Gasteiger partial charge is 0.331 e. The zero-order valence-corrected chi connectivity index (χ0v) is 16.0. The van der Waals surface area contributed by atoms with Gasteiger partial charge in [-0.1, -0.05) is 17.7 Å². The van der Waals surface area contributed by atoms with Crippen LogP contribution in [0.3, 0.4) is 0 Å². The molecular formula is C20H25N3O4. The van der Waals surface area contributed by atoms with Crippen molar-refractivity contribution in [3.63, 3.8) is 0 Å². The molecule has 2 aromatic rings. The van der Waals surface area contributed by atoms with Crippen LogP contribution in [0.2, 0.25) is 0 Å². The molecule has 1 aliphatic heterocycles. The van der Waals surface area contributed by atoms with Crippen LogP contribution in [0.1, 0.15) is 28.9 Å². The van der Waals surface area contributed by atoms with Gasteiger partial charge in [0.1, 0.15) is 11.4 Å². The number of likely N-dealkylation sites (tertiary alicyclic amines) is 1. The average molecular weight is 371 g/mol. The predicted molar refractivity (Wildman–Crippen MR) is 102 cm³/mol. The van der Waals surface area contributed by atoms with Gasteiger partial charge in [0.2, 0.25) is 0 Å². The summed E-state index contributed by atoms with van der Waals surface area (Å²) in [4.78, 5) is 38.6. The molecule has 1 aliphatic rings. The molecule has 1 fully saturated rings. The molecule has 144 valence electrons. The number of nitrogens with zero attached hydrogens (tertiary/aromatic N) is 3. The predicted octanol–water partition coefficient (Wildman–Crippen LogP) is 1.32. The standard InChI is InChI=1S/C20H25N3O4/c1-14-6-8-16(9-7-14)27-13-15-5-4-10-23(12-15)19(25)17-11-18(24)22(3)20(26)21(17)2/h6-9,11,15H,4-5,10,12-13H2,1-3H3/t15-/m1/s1. The van der Waals surface area contributed by atoms with E-state index in [1.807, 2.05) is 31.2 Å². The van der Waals surface area contributed by atoms with Crippen molar-refractivity contribution in [1.82, 2.24) is 14.0 Å². The lowest BCUT2D eigenvalue weighted by molar-refractivity contribution is 0.0621. The molecule has 0 unspecified atom stereocenters. The lowest BCUT2D eigenvalue weighted by Gasteiger charge is -2.33. The zero-order chi connectivity index (χ0) is 19.6. The number of aryl methyl sites for hydroxylation is 1. The maximum absolute atomic E-state index is 12.9. The largest absolute Gasteiger partial charge is 0.493 e. The van der Waals surface area contributed by atoms with Gasteiger partial charge in [0.05, 0.1) is 6.61 Å². The molecule has 0 saturated carbocycles. The van der Waals surface area contributed by atoms with E-state index in [0.29, 0.717) is 19.7 Å². The molecule has 1 saturated heterocycles. The highest BCUT2D eigenvalue weighted by Gasteiger charge is 2.27. The molecule has 0 bridgehead atoms. The van der Waals surface area contributed by atoms with E-state index >= 15 is 0 Å². The molecule has 0 radical (unpaired) electrons. The third-order valence-corrected chi connectivity index (χ3v) is 5.06. The summed E-state index contributed by atoms with van der Waals surface area (Å²) in [6.07, 6.45) is 1.84. The average Bonchev–Trinajstić information content (AvgIpc) is 2.68. The Hall–Kier alpha value is -2.83. The van der Waals surface area contributed by atoms with E-state index in [4.69, 9.17) is 4.74 Å². The number of benzene rings is 1. The summed E-state index contributed by atoms with van der Waals surface area (Å²) in [7, 11) is 2.91. The molecule has 0 spiro atoms. The summed E-state index contributed by atoms with van der Waals surface area (Å²) in [6.45, 7) is 3.72. The van der Waals surface area contributed by atoms with Crippen LogP contribution < -0.4 is 16.0 Å². The van der Waals surface area contributed by atoms with Crippen molar-refractivity contribution in [1.29, 1.82) is 0 Å². The number of amides is 1. The number of ether oxygens (including phenoxy) is 1. The summed E-state index contributed by atoms with van der Waals surface area (Å²) < 4.78 is 8.09. The third kappa shape index (κ3) is 4.13. The van der Waals surface area contributed by atoms with E-state index in [9.17, 15) is 14.4 Å². The lowest BCUT2D eigenvalue weighted by atomic mass is 9.98. The normalized spacial score (nSPS) is 17.0. The van der Waals surface area contributed by atoms with Gasteiger partial charge in [0.25, 0.3) is 11.5 Å². The number of hydrogen-bond donors (Lipinski definition) is 0. The van der Waals surface area contributed by atoms with Gasteiger partial charge in [-0.2, -0.15) is 0 Å². The van der Waals surface area contributed by atoms with Crippen LogP contribution in [-0.2, 0) is 14.1 Å². The minimum Gasteiger partial charge on any atom is -0.493 e. The van der Waals surface area contributed by atoms with Crippen molar-refractivity contribution in [2.75, 3.05) is 19.7 Å². The van der Waals surface area contributed by atoms with Gasteiger partial charge in [-0.15, -0.1) is 0 Å². The Morgan fingerprint density at radius 2 is 1.85 bits per heavy atom. The fourth-order valence-corrected chi connectivity index (χ4v) is 3.33. The topological polar surface area (TPSA) is 73.5 Å². The van der Waals surface area contributed by atoms with Crippen LogP contribution in [0.15, 0.2) is 39.9 Å². The molecule has 3 rings (SSSR count). The highest BCUT2D eigenvalue weighted by Crippen LogP contribution is 2.20. The molecule has 7 nitrogen and oxygen atoms in total. The van der Waals surface area contributed by atoms with Gasteiger partial charge in [-0.3, -0.25) is 18.7 Å². The molecule has 0 N–H and O–H groups in total. The van der Waals surface area contributed by atoms with Crippen LogP contribution in [0.4, 0.5) is 0 Å². The molecule has 27 heavy (non-hydrogen) atoms. The monoisotopic (exact) mass is 371 g/mol. The fraction of sp³-hybridized carbons (Fsp3) is 0.450. The minimum absolute atomic E-state index is 0.128. The van der Waals surface area contributed by atoms with Crippen molar-refractivity contribution in [3.05, 3.63) is 62.4 Å². The molecule has 7 heteroatoms. The third-order valence-electron chi connectivity index (χ3n) is 5.06. The Kier molecular flexibility index (Phi) is 5.48. The summed E-state index contributed by atoms with van der Waals surface area (Å²) >= 11 is 0. The van der Waals surface area contributed by atoms with Crippen LogP contribution in [0.25, 0.3) is 0 Å². The maximum atomic E-state index is 12.9. The maximum Gasteiger partial charge on any atom is 0.331 e. The van der Waals surface area contributed by atoms with Gasteiger partial charge in [-0.05, 0) is 31.9 Å². The Bertz CT molecular complexity index is 943. The number of hydrogen-bond acceptors (Lipinski definition) is 4. The van der Waals surface area contributed by atoms with Gasteiger partial charge in [0.15, 0.2) is 0 Å². The first kappa shape index (κ1) is 18.9. The van der Waals surface area contributed by atoms with Crippen molar-refractivity contribution < 1.29 is 9.53 Å². The fourth-order valence-electron chi connectivity index (χ4n) is 3.33. The molecule has 1 amide bonds. The van der Waals surface area contributed by atoms with Crippen LogP contribution >= 0.6 is 0 Å². The summed E-state index contributed by atoms with van der Waals surface area (Å²) in [5, 5.41) is 0. The van der Waals surface area contributed by atoms with Gasteiger partial charge in [-0.25, -0.2) is 4.79 Å². The van der Waals surface area contributed by atoms with Crippen LogP contribution in [0, 0.1) is 12.8 Å². The van der Waals surface area contributed by atoms with Crippen molar-refractivity contribution in [2.45, 2.75) is 19.8 Å². The zero-order valence-electron chi connectivity index (χ0n) is 16.0. The Morgan fingerprint density at radius 3 is 2.56 bits per heavy atom. The Labute approximate surface area is 157 Å². The summed E-state index contributed by atoms with van der Waals surface area (Å²) in [5.41, 5.74) is 0.333. The van der Waals surface area contributed by atoms with E-state index in [0.717, 1.165) is 23.2 Å². The van der Waals surface area contributed by atoms with Gasteiger partial charge >= 0.3 is 5.69 Å². The summed E-state index contributed by atoms with van der Waals surface area (Å²) in [5.74, 6) is 0.748. The molecule has 1 atom stereocenters. The van der Waals surface area contributed by atoms with Crippen molar-refractivity contribution in [2.24, 2.45) is 20.0 Å². The van der Waals surface area contributed by atoms with E-state index in [2.05, 4.69) is 0 Å². The Morgan fingerprint density at radius 1 is 1.15 bits per heavy atom. The van der Waals surface area contributed by atoms with E-state index in [1.54, 1.807) is 4.90 Å². The second-order valence-corrected chi connectivity index (χ2v) is 7.15.